The van der Waals surface area contributed by atoms with Crippen molar-refractivity contribution >= 4 is 23.0 Å². The van der Waals surface area contributed by atoms with Crippen LogP contribution in [-0.4, -0.2) is 39.9 Å². The molecule has 6 heteroatoms. The smallest absolute Gasteiger partial charge is 0.274 e. The van der Waals surface area contributed by atoms with Gasteiger partial charge in [0.15, 0.2) is 5.69 Å². The van der Waals surface area contributed by atoms with Gasteiger partial charge in [-0.3, -0.25) is 4.79 Å². The number of morpholine rings is 1. The Hall–Kier alpha value is -2.37. The molecule has 0 radical (unpaired) electrons. The molecule has 1 amide bonds. The number of benzene rings is 1. The number of halogens is 1. The lowest BCUT2D eigenvalue weighted by molar-refractivity contribution is -0.0228. The molecule has 1 aliphatic heterocycles. The van der Waals surface area contributed by atoms with Gasteiger partial charge in [-0.25, -0.2) is 4.98 Å². The van der Waals surface area contributed by atoms with Crippen molar-refractivity contribution in [3.8, 4) is 0 Å². The zero-order valence-corrected chi connectivity index (χ0v) is 15.6. The summed E-state index contributed by atoms with van der Waals surface area (Å²) in [6, 6.07) is 13.6. The molecule has 27 heavy (non-hydrogen) atoms. The molecule has 2 aliphatic rings. The van der Waals surface area contributed by atoms with Crippen LogP contribution in [0.1, 0.15) is 46.7 Å². The van der Waals surface area contributed by atoms with E-state index in [0.717, 1.165) is 29.7 Å². The Kier molecular flexibility index (Phi) is 4.14. The first kappa shape index (κ1) is 16.8. The van der Waals surface area contributed by atoms with Crippen molar-refractivity contribution in [3.63, 3.8) is 0 Å². The van der Waals surface area contributed by atoms with Gasteiger partial charge in [0.25, 0.3) is 5.91 Å². The van der Waals surface area contributed by atoms with Crippen molar-refractivity contribution < 1.29 is 9.53 Å². The molecule has 0 bridgehead atoms. The average molecular weight is 382 g/mol. The fourth-order valence-electron chi connectivity index (χ4n) is 3.76. The van der Waals surface area contributed by atoms with Gasteiger partial charge in [0.1, 0.15) is 11.9 Å². The van der Waals surface area contributed by atoms with Crippen molar-refractivity contribution in [3.05, 3.63) is 70.8 Å². The molecule has 1 aliphatic carbocycles. The molecule has 1 saturated carbocycles. The van der Waals surface area contributed by atoms with Gasteiger partial charge in [0.05, 0.1) is 18.7 Å². The Labute approximate surface area is 162 Å². The van der Waals surface area contributed by atoms with Crippen LogP contribution < -0.4 is 0 Å². The van der Waals surface area contributed by atoms with Crippen molar-refractivity contribution in [2.45, 2.75) is 24.9 Å². The summed E-state index contributed by atoms with van der Waals surface area (Å²) in [6.45, 7) is 1.53. The summed E-state index contributed by atoms with van der Waals surface area (Å²) in [5, 5.41) is 0.667. The number of pyridine rings is 1. The van der Waals surface area contributed by atoms with Crippen molar-refractivity contribution in [2.75, 3.05) is 19.7 Å². The third-order valence-corrected chi connectivity index (χ3v) is 5.67. The topological polar surface area (TPSA) is 46.8 Å². The summed E-state index contributed by atoms with van der Waals surface area (Å²) in [4.78, 5) is 19.9. The highest BCUT2D eigenvalue weighted by atomic mass is 35.5. The van der Waals surface area contributed by atoms with E-state index in [1.807, 2.05) is 53.6 Å². The molecule has 0 N–H and O–H groups in total. The molecule has 2 aromatic heterocycles. The zero-order valence-electron chi connectivity index (χ0n) is 14.8. The third-order valence-electron chi connectivity index (χ3n) is 5.33. The molecular formula is C21H20ClN3O2. The van der Waals surface area contributed by atoms with Gasteiger partial charge in [0.2, 0.25) is 0 Å². The Morgan fingerprint density at radius 1 is 1.15 bits per heavy atom. The number of hydrogen-bond acceptors (Lipinski definition) is 3. The lowest BCUT2D eigenvalue weighted by atomic mass is 10.1. The summed E-state index contributed by atoms with van der Waals surface area (Å²) in [6.07, 6.45) is 4.08. The molecule has 3 heterocycles. The van der Waals surface area contributed by atoms with Gasteiger partial charge in [-0.15, -0.1) is 0 Å². The van der Waals surface area contributed by atoms with Gasteiger partial charge in [-0.1, -0.05) is 35.9 Å². The third kappa shape index (κ3) is 3.01. The average Bonchev–Trinajstić information content (AvgIpc) is 3.48. The van der Waals surface area contributed by atoms with Crippen LogP contribution in [0, 0.1) is 0 Å². The SMILES string of the molecule is O=C(c1nc(C2CC2)n2ccccc12)N1CCOC(c2ccccc2Cl)C1. The zero-order chi connectivity index (χ0) is 18.4. The first-order valence-corrected chi connectivity index (χ1v) is 9.72. The number of amides is 1. The normalized spacial score (nSPS) is 20.2. The van der Waals surface area contributed by atoms with E-state index >= 15 is 0 Å². The molecule has 1 unspecified atom stereocenters. The van der Waals surface area contributed by atoms with E-state index in [1.165, 1.54) is 0 Å². The summed E-state index contributed by atoms with van der Waals surface area (Å²) >= 11 is 6.33. The number of carbonyl (C=O) groups is 1. The fraction of sp³-hybridized carbons (Fsp3) is 0.333. The molecular weight excluding hydrogens is 362 g/mol. The Balaban J connectivity index is 1.46. The van der Waals surface area contributed by atoms with Crippen LogP contribution in [0.25, 0.3) is 5.52 Å². The van der Waals surface area contributed by atoms with Crippen LogP contribution >= 0.6 is 11.6 Å². The highest BCUT2D eigenvalue weighted by Gasteiger charge is 2.33. The molecule has 0 spiro atoms. The Bertz CT molecular complexity index is 1010. The van der Waals surface area contributed by atoms with E-state index < -0.39 is 0 Å². The quantitative estimate of drug-likeness (QED) is 0.686. The molecule has 1 atom stereocenters. The first-order chi connectivity index (χ1) is 13.2. The predicted molar refractivity (Wildman–Crippen MR) is 103 cm³/mol. The molecule has 138 valence electrons. The number of rotatable bonds is 3. The monoisotopic (exact) mass is 381 g/mol. The second kappa shape index (κ2) is 6.66. The highest BCUT2D eigenvalue weighted by Crippen LogP contribution is 2.40. The maximum Gasteiger partial charge on any atom is 0.274 e. The second-order valence-electron chi connectivity index (χ2n) is 7.18. The minimum atomic E-state index is -0.215. The van der Waals surface area contributed by atoms with Crippen molar-refractivity contribution in [2.24, 2.45) is 0 Å². The number of carbonyl (C=O) groups excluding carboxylic acids is 1. The lowest BCUT2D eigenvalue weighted by Crippen LogP contribution is -2.42. The number of fused-ring (bicyclic) bond motifs is 1. The van der Waals surface area contributed by atoms with Crippen LogP contribution in [0.2, 0.25) is 5.02 Å². The molecule has 5 nitrogen and oxygen atoms in total. The minimum absolute atomic E-state index is 0.0362. The highest BCUT2D eigenvalue weighted by molar-refractivity contribution is 6.31. The van der Waals surface area contributed by atoms with Crippen LogP contribution in [0.4, 0.5) is 0 Å². The number of ether oxygens (including phenoxy) is 1. The molecule has 1 saturated heterocycles. The summed E-state index contributed by atoms with van der Waals surface area (Å²) in [5.74, 6) is 1.44. The van der Waals surface area contributed by atoms with Gasteiger partial charge < -0.3 is 14.0 Å². The van der Waals surface area contributed by atoms with Gasteiger partial charge in [-0.2, -0.15) is 0 Å². The van der Waals surface area contributed by atoms with Crippen molar-refractivity contribution in [1.82, 2.24) is 14.3 Å². The van der Waals surface area contributed by atoms with Crippen LogP contribution in [0.15, 0.2) is 48.7 Å². The summed E-state index contributed by atoms with van der Waals surface area (Å²) < 4.78 is 7.96. The van der Waals surface area contributed by atoms with Crippen LogP contribution in [0.5, 0.6) is 0 Å². The van der Waals surface area contributed by atoms with Gasteiger partial charge in [0, 0.05) is 29.2 Å². The Morgan fingerprint density at radius 2 is 1.96 bits per heavy atom. The van der Waals surface area contributed by atoms with Crippen LogP contribution in [-0.2, 0) is 4.74 Å². The van der Waals surface area contributed by atoms with E-state index in [1.54, 1.807) is 0 Å². The largest absolute Gasteiger partial charge is 0.370 e. The van der Waals surface area contributed by atoms with Gasteiger partial charge in [-0.05, 0) is 31.0 Å². The Morgan fingerprint density at radius 3 is 2.78 bits per heavy atom. The minimum Gasteiger partial charge on any atom is -0.370 e. The van der Waals surface area contributed by atoms with E-state index in [0.29, 0.717) is 36.3 Å². The van der Waals surface area contributed by atoms with Crippen LogP contribution in [0.3, 0.4) is 0 Å². The van der Waals surface area contributed by atoms with E-state index in [-0.39, 0.29) is 12.0 Å². The maximum atomic E-state index is 13.3. The predicted octanol–water partition coefficient (Wildman–Crippen LogP) is 4.08. The number of nitrogens with zero attached hydrogens (tertiary/aromatic N) is 3. The second-order valence-corrected chi connectivity index (χ2v) is 7.59. The van der Waals surface area contributed by atoms with E-state index in [2.05, 4.69) is 4.40 Å². The standard InChI is InChI=1S/C21H20ClN3O2/c22-16-6-2-1-5-15(16)18-13-24(11-12-27-18)21(26)19-17-7-3-4-10-25(17)20(23-19)14-8-9-14/h1-7,10,14,18H,8-9,11-13H2. The van der Waals surface area contributed by atoms with E-state index in [4.69, 9.17) is 21.3 Å². The maximum absolute atomic E-state index is 13.3. The summed E-state index contributed by atoms with van der Waals surface area (Å²) in [5.41, 5.74) is 2.34. The van der Waals surface area contributed by atoms with E-state index in [9.17, 15) is 4.79 Å². The molecule has 1 aromatic carbocycles. The number of aromatic nitrogens is 2. The first-order valence-electron chi connectivity index (χ1n) is 9.34. The fourth-order valence-corrected chi connectivity index (χ4v) is 4.01. The molecule has 3 aromatic rings. The molecule has 2 fully saturated rings. The summed E-state index contributed by atoms with van der Waals surface area (Å²) in [7, 11) is 0. The number of imidazole rings is 1. The van der Waals surface area contributed by atoms with Gasteiger partial charge >= 0.3 is 0 Å². The number of hydrogen-bond donors (Lipinski definition) is 0. The molecule has 5 rings (SSSR count). The van der Waals surface area contributed by atoms with Crippen molar-refractivity contribution in [1.29, 1.82) is 0 Å². The lowest BCUT2D eigenvalue weighted by Gasteiger charge is -2.33.